The molecule has 2 atom stereocenters. The van der Waals surface area contributed by atoms with Crippen LogP contribution in [0.25, 0.3) is 0 Å². The number of benzene rings is 1. The molecule has 3 N–H and O–H groups in total. The van der Waals surface area contributed by atoms with E-state index >= 15 is 0 Å². The minimum absolute atomic E-state index is 0.170. The molecule has 0 spiro atoms. The third-order valence-electron chi connectivity index (χ3n) is 5.18. The zero-order valence-corrected chi connectivity index (χ0v) is 17.0. The zero-order chi connectivity index (χ0) is 21.4. The summed E-state index contributed by atoms with van der Waals surface area (Å²) in [6.45, 7) is 1.40. The normalized spacial score (nSPS) is 19.1. The zero-order valence-electron chi connectivity index (χ0n) is 16.2. The van der Waals surface area contributed by atoms with Gasteiger partial charge in [0.05, 0.1) is 17.6 Å². The van der Waals surface area contributed by atoms with E-state index in [1.165, 1.54) is 11.3 Å². The Hall–Kier alpha value is -3.84. The quantitative estimate of drug-likeness (QED) is 0.574. The maximum atomic E-state index is 12.9. The smallest absolute Gasteiger partial charge is 0.258 e. The summed E-state index contributed by atoms with van der Waals surface area (Å²) in [7, 11) is 0. The molecule has 2 unspecified atom stereocenters. The number of nitrogens with one attached hydrogen (secondary N) is 3. The van der Waals surface area contributed by atoms with Gasteiger partial charge in [-0.25, -0.2) is 0 Å². The van der Waals surface area contributed by atoms with Gasteiger partial charge in [-0.15, -0.1) is 11.3 Å². The molecule has 3 aromatic rings. The van der Waals surface area contributed by atoms with Crippen molar-refractivity contribution < 1.29 is 14.3 Å². The predicted molar refractivity (Wildman–Crippen MR) is 114 cm³/mol. The first-order chi connectivity index (χ1) is 15.1. The molecule has 1 amide bonds. The summed E-state index contributed by atoms with van der Waals surface area (Å²) in [5.74, 6) is -0.356. The molecule has 156 valence electrons. The molecule has 5 rings (SSSR count). The topological polar surface area (TPSA) is 129 Å². The predicted octanol–water partition coefficient (Wildman–Crippen LogP) is 2.44. The van der Waals surface area contributed by atoms with Gasteiger partial charge in [0.2, 0.25) is 11.9 Å². The molecule has 0 saturated carbocycles. The number of carbonyl (C=O) groups excluding carboxylic acids is 1. The Morgan fingerprint density at radius 1 is 1.23 bits per heavy atom. The highest BCUT2D eigenvalue weighted by Crippen LogP contribution is 2.39. The van der Waals surface area contributed by atoms with Gasteiger partial charge in [0.1, 0.15) is 24.9 Å². The van der Waals surface area contributed by atoms with E-state index in [1.54, 1.807) is 0 Å². The molecule has 0 radical (unpaired) electrons. The van der Waals surface area contributed by atoms with Crippen LogP contribution in [0, 0.1) is 17.2 Å². The minimum Gasteiger partial charge on any atom is -0.486 e. The number of hydrogen-bond donors (Lipinski definition) is 3. The van der Waals surface area contributed by atoms with Crippen molar-refractivity contribution in [3.8, 4) is 17.6 Å². The Bertz CT molecular complexity index is 1250. The highest BCUT2D eigenvalue weighted by molar-refractivity contribution is 7.10. The second kappa shape index (κ2) is 7.77. The van der Waals surface area contributed by atoms with Crippen LogP contribution in [0.3, 0.4) is 0 Å². The maximum absolute atomic E-state index is 12.9. The standard InChI is InChI=1S/C21H17N5O4S/c22-9-12-16(15-2-1-7-31-15)17-18(24-19(12)27)25-21(26-20(17)28)23-10-11-3-4-13-14(8-11)30-6-5-29-13/h1-4,7-8,12,16H,5-6,10H2,(H3,23,24,25,26,27,28). The molecule has 10 heteroatoms. The summed E-state index contributed by atoms with van der Waals surface area (Å²) in [4.78, 5) is 33.3. The summed E-state index contributed by atoms with van der Waals surface area (Å²) in [5, 5.41) is 17.1. The van der Waals surface area contributed by atoms with Gasteiger partial charge in [-0.2, -0.15) is 10.2 Å². The van der Waals surface area contributed by atoms with Crippen molar-refractivity contribution in [2.24, 2.45) is 5.92 Å². The largest absolute Gasteiger partial charge is 0.486 e. The summed E-state index contributed by atoms with van der Waals surface area (Å²) in [6.07, 6.45) is 0. The molecular formula is C21H17N5O4S. The molecule has 9 nitrogen and oxygen atoms in total. The Kier molecular flexibility index (Phi) is 4.80. The highest BCUT2D eigenvalue weighted by atomic mass is 32.1. The molecule has 0 fully saturated rings. The van der Waals surface area contributed by atoms with Gasteiger partial charge < -0.3 is 20.1 Å². The number of aromatic nitrogens is 2. The fourth-order valence-electron chi connectivity index (χ4n) is 3.75. The van der Waals surface area contributed by atoms with Gasteiger partial charge in [0.25, 0.3) is 5.56 Å². The summed E-state index contributed by atoms with van der Waals surface area (Å²) >= 11 is 1.40. The molecule has 2 aliphatic heterocycles. The van der Waals surface area contributed by atoms with Gasteiger partial charge >= 0.3 is 0 Å². The molecule has 2 aromatic heterocycles. The van der Waals surface area contributed by atoms with Gasteiger partial charge in [0.15, 0.2) is 11.5 Å². The lowest BCUT2D eigenvalue weighted by molar-refractivity contribution is -0.119. The number of aromatic amines is 1. The van der Waals surface area contributed by atoms with Crippen LogP contribution in [-0.4, -0.2) is 29.1 Å². The highest BCUT2D eigenvalue weighted by Gasteiger charge is 2.40. The Morgan fingerprint density at radius 2 is 2.06 bits per heavy atom. The van der Waals surface area contributed by atoms with E-state index in [9.17, 15) is 14.9 Å². The average Bonchev–Trinajstić information content (AvgIpc) is 3.31. The van der Waals surface area contributed by atoms with Crippen molar-refractivity contribution in [1.29, 1.82) is 5.26 Å². The van der Waals surface area contributed by atoms with Gasteiger partial charge in [-0.05, 0) is 29.1 Å². The number of nitrogens with zero attached hydrogens (tertiary/aromatic N) is 2. The lowest BCUT2D eigenvalue weighted by atomic mass is 9.83. The SMILES string of the molecule is N#CC1C(=O)Nc2nc(NCc3ccc4c(c3)OCCO4)[nH]c(=O)c2C1c1cccs1. The summed E-state index contributed by atoms with van der Waals surface area (Å²) in [5.41, 5.74) is 0.807. The Labute approximate surface area is 180 Å². The summed E-state index contributed by atoms with van der Waals surface area (Å²) in [6, 6.07) is 11.3. The molecule has 4 heterocycles. The van der Waals surface area contributed by atoms with E-state index in [1.807, 2.05) is 41.8 Å². The molecule has 31 heavy (non-hydrogen) atoms. The van der Waals surface area contributed by atoms with Crippen molar-refractivity contribution >= 4 is 29.0 Å². The monoisotopic (exact) mass is 435 g/mol. The van der Waals surface area contributed by atoms with Crippen LogP contribution in [-0.2, 0) is 11.3 Å². The number of nitriles is 1. The second-order valence-corrected chi connectivity index (χ2v) is 8.08. The third-order valence-corrected chi connectivity index (χ3v) is 6.13. The average molecular weight is 435 g/mol. The van der Waals surface area contributed by atoms with Crippen molar-refractivity contribution in [3.05, 3.63) is 62.1 Å². The van der Waals surface area contributed by atoms with Gasteiger partial charge in [-0.1, -0.05) is 12.1 Å². The van der Waals surface area contributed by atoms with Gasteiger partial charge in [-0.3, -0.25) is 14.6 Å². The Morgan fingerprint density at radius 3 is 2.84 bits per heavy atom. The molecule has 0 saturated heterocycles. The first kappa shape index (κ1) is 19.1. The fraction of sp³-hybridized carbons (Fsp3) is 0.238. The fourth-order valence-corrected chi connectivity index (χ4v) is 4.63. The van der Waals surface area contributed by atoms with Crippen LogP contribution in [0.2, 0.25) is 0 Å². The van der Waals surface area contributed by atoms with Crippen LogP contribution in [0.1, 0.15) is 21.9 Å². The maximum Gasteiger partial charge on any atom is 0.258 e. The first-order valence-electron chi connectivity index (χ1n) is 9.64. The third kappa shape index (κ3) is 3.49. The molecule has 1 aromatic carbocycles. The van der Waals surface area contributed by atoms with E-state index < -0.39 is 23.3 Å². The lowest BCUT2D eigenvalue weighted by Gasteiger charge is -2.27. The number of thiophene rings is 1. The number of hydrogen-bond acceptors (Lipinski definition) is 8. The van der Waals surface area contributed by atoms with Crippen LogP contribution < -0.4 is 25.7 Å². The summed E-state index contributed by atoms with van der Waals surface area (Å²) < 4.78 is 11.1. The molecule has 0 aliphatic carbocycles. The number of rotatable bonds is 4. The van der Waals surface area contributed by atoms with Crippen LogP contribution in [0.15, 0.2) is 40.5 Å². The number of amides is 1. The molecule has 0 bridgehead atoms. The van der Waals surface area contributed by atoms with Crippen molar-refractivity contribution in [2.45, 2.75) is 12.5 Å². The first-order valence-corrected chi connectivity index (χ1v) is 10.5. The van der Waals surface area contributed by atoms with Crippen LogP contribution in [0.4, 0.5) is 11.8 Å². The van der Waals surface area contributed by atoms with Crippen molar-refractivity contribution in [3.63, 3.8) is 0 Å². The van der Waals surface area contributed by atoms with E-state index in [2.05, 4.69) is 20.6 Å². The number of anilines is 2. The van der Waals surface area contributed by atoms with Crippen LogP contribution >= 0.6 is 11.3 Å². The number of ether oxygens (including phenoxy) is 2. The van der Waals surface area contributed by atoms with Gasteiger partial charge in [0, 0.05) is 11.4 Å². The van der Waals surface area contributed by atoms with E-state index in [4.69, 9.17) is 9.47 Å². The van der Waals surface area contributed by atoms with E-state index in [0.717, 1.165) is 10.4 Å². The Balaban J connectivity index is 1.44. The van der Waals surface area contributed by atoms with Crippen molar-refractivity contribution in [1.82, 2.24) is 9.97 Å². The number of fused-ring (bicyclic) bond motifs is 2. The molecule has 2 aliphatic rings. The van der Waals surface area contributed by atoms with E-state index in [-0.39, 0.29) is 11.8 Å². The second-order valence-electron chi connectivity index (χ2n) is 7.10. The lowest BCUT2D eigenvalue weighted by Crippen LogP contribution is -2.38. The van der Waals surface area contributed by atoms with E-state index in [0.29, 0.717) is 36.8 Å². The number of carbonyl (C=O) groups is 1. The number of H-pyrrole nitrogens is 1. The molecular weight excluding hydrogens is 418 g/mol. The van der Waals surface area contributed by atoms with Crippen molar-refractivity contribution in [2.75, 3.05) is 23.8 Å². The van der Waals surface area contributed by atoms with Crippen LogP contribution in [0.5, 0.6) is 11.5 Å². The minimum atomic E-state index is -0.995.